The second kappa shape index (κ2) is 8.94. The molecule has 0 N–H and O–H groups in total. The number of hydrogen-bond acceptors (Lipinski definition) is 4. The van der Waals surface area contributed by atoms with Crippen LogP contribution in [0.3, 0.4) is 0 Å². The minimum Gasteiger partial charge on any atom is -0.298 e. The van der Waals surface area contributed by atoms with Gasteiger partial charge in [-0.3, -0.25) is 9.58 Å². The molecule has 1 saturated heterocycles. The second-order valence-corrected chi connectivity index (χ2v) is 8.16. The van der Waals surface area contributed by atoms with Crippen molar-refractivity contribution in [2.45, 2.75) is 46.7 Å². The van der Waals surface area contributed by atoms with Crippen LogP contribution in [0.25, 0.3) is 0 Å². The van der Waals surface area contributed by atoms with E-state index >= 15 is 0 Å². The van der Waals surface area contributed by atoms with Crippen LogP contribution in [0, 0.1) is 0 Å². The molecule has 0 saturated carbocycles. The van der Waals surface area contributed by atoms with Gasteiger partial charge in [-0.2, -0.15) is 22.1 Å². The molecule has 2 heterocycles. The molecule has 1 aromatic rings. The van der Waals surface area contributed by atoms with Crippen molar-refractivity contribution in [3.63, 3.8) is 0 Å². The van der Waals surface area contributed by atoms with Crippen LogP contribution in [-0.2, 0) is 23.3 Å². The molecule has 1 aliphatic rings. The minimum atomic E-state index is -3.32. The van der Waals surface area contributed by atoms with Gasteiger partial charge in [0.05, 0.1) is 6.20 Å². The predicted molar refractivity (Wildman–Crippen MR) is 95.8 cm³/mol. The predicted octanol–water partition coefficient (Wildman–Crippen LogP) is 1.39. The first-order valence-electron chi connectivity index (χ1n) is 9.00. The molecule has 0 aliphatic carbocycles. The Bertz CT molecular complexity index is 597. The Labute approximate surface area is 146 Å². The molecule has 24 heavy (non-hydrogen) atoms. The van der Waals surface area contributed by atoms with E-state index in [4.69, 9.17) is 0 Å². The maximum absolute atomic E-state index is 12.7. The summed E-state index contributed by atoms with van der Waals surface area (Å²) in [5.74, 6) is 0. The van der Waals surface area contributed by atoms with Gasteiger partial charge in [-0.1, -0.05) is 20.8 Å². The number of nitrogens with zero attached hydrogens (tertiary/aromatic N) is 5. The van der Waals surface area contributed by atoms with Crippen LogP contribution in [0.1, 0.15) is 39.2 Å². The first-order chi connectivity index (χ1) is 11.5. The van der Waals surface area contributed by atoms with Crippen molar-refractivity contribution in [2.24, 2.45) is 0 Å². The van der Waals surface area contributed by atoms with Crippen LogP contribution >= 0.6 is 0 Å². The summed E-state index contributed by atoms with van der Waals surface area (Å²) in [6.45, 7) is 11.6. The zero-order chi connectivity index (χ0) is 17.6. The minimum absolute atomic E-state index is 0.523. The van der Waals surface area contributed by atoms with Crippen molar-refractivity contribution >= 4 is 10.2 Å². The number of hydrogen-bond donors (Lipinski definition) is 0. The largest absolute Gasteiger partial charge is 0.298 e. The van der Waals surface area contributed by atoms with E-state index in [-0.39, 0.29) is 0 Å². The second-order valence-electron chi connectivity index (χ2n) is 6.23. The van der Waals surface area contributed by atoms with Crippen LogP contribution in [0.15, 0.2) is 12.4 Å². The third kappa shape index (κ3) is 4.78. The molecule has 0 bridgehead atoms. The smallest absolute Gasteiger partial charge is 0.281 e. The van der Waals surface area contributed by atoms with Crippen molar-refractivity contribution in [3.8, 4) is 0 Å². The Kier molecular flexibility index (Phi) is 7.21. The highest BCUT2D eigenvalue weighted by atomic mass is 32.2. The summed E-state index contributed by atoms with van der Waals surface area (Å²) in [4.78, 5) is 2.32. The summed E-state index contributed by atoms with van der Waals surface area (Å²) in [5, 5.41) is 4.37. The molecule has 0 spiro atoms. The van der Waals surface area contributed by atoms with Crippen LogP contribution in [0.2, 0.25) is 0 Å². The van der Waals surface area contributed by atoms with E-state index in [1.807, 2.05) is 24.7 Å². The lowest BCUT2D eigenvalue weighted by atomic mass is 10.3. The van der Waals surface area contributed by atoms with Crippen molar-refractivity contribution in [1.82, 2.24) is 23.3 Å². The zero-order valence-electron chi connectivity index (χ0n) is 15.2. The lowest BCUT2D eigenvalue weighted by Crippen LogP contribution is -2.45. The summed E-state index contributed by atoms with van der Waals surface area (Å²) in [7, 11) is -3.32. The molecule has 8 heteroatoms. The van der Waals surface area contributed by atoms with E-state index in [1.54, 1.807) is 4.31 Å². The van der Waals surface area contributed by atoms with E-state index in [1.165, 1.54) is 9.87 Å². The normalized spacial score (nSPS) is 18.2. The first-order valence-corrected chi connectivity index (χ1v) is 10.4. The molecule has 138 valence electrons. The monoisotopic (exact) mass is 357 g/mol. The Balaban J connectivity index is 1.94. The highest BCUT2D eigenvalue weighted by Gasteiger charge is 2.29. The molecule has 0 aromatic carbocycles. The van der Waals surface area contributed by atoms with Gasteiger partial charge in [-0.25, -0.2) is 0 Å². The van der Waals surface area contributed by atoms with Gasteiger partial charge in [0.15, 0.2) is 0 Å². The van der Waals surface area contributed by atoms with E-state index in [2.05, 4.69) is 23.1 Å². The van der Waals surface area contributed by atoms with E-state index in [9.17, 15) is 8.42 Å². The van der Waals surface area contributed by atoms with Gasteiger partial charge in [-0.05, 0) is 19.4 Å². The Morgan fingerprint density at radius 1 is 1.12 bits per heavy atom. The summed E-state index contributed by atoms with van der Waals surface area (Å²) in [6, 6.07) is 0. The number of rotatable bonds is 8. The van der Waals surface area contributed by atoms with Gasteiger partial charge in [0.25, 0.3) is 10.2 Å². The molecule has 7 nitrogen and oxygen atoms in total. The Morgan fingerprint density at radius 3 is 2.54 bits per heavy atom. The molecule has 1 aromatic heterocycles. The molecule has 0 amide bonds. The van der Waals surface area contributed by atoms with Gasteiger partial charge < -0.3 is 0 Å². The van der Waals surface area contributed by atoms with Gasteiger partial charge >= 0.3 is 0 Å². The zero-order valence-corrected chi connectivity index (χ0v) is 16.0. The third-order valence-electron chi connectivity index (χ3n) is 4.45. The van der Waals surface area contributed by atoms with Crippen molar-refractivity contribution in [3.05, 3.63) is 18.0 Å². The van der Waals surface area contributed by atoms with E-state index in [0.717, 1.165) is 39.0 Å². The molecule has 1 fully saturated rings. The first kappa shape index (κ1) is 19.4. The average molecular weight is 358 g/mol. The Morgan fingerprint density at radius 2 is 1.88 bits per heavy atom. The summed E-state index contributed by atoms with van der Waals surface area (Å²) < 4.78 is 30.5. The molecular weight excluding hydrogens is 326 g/mol. The summed E-state index contributed by atoms with van der Waals surface area (Å²) in [5.41, 5.74) is 1.20. The standard InChI is InChI=1S/C16H31N5O2S/c1-4-8-19-15-16(13-17-19)14-18-9-7-10-21(12-11-18)24(22,23)20(5-2)6-3/h13,15H,4-12,14H2,1-3H3. The van der Waals surface area contributed by atoms with Gasteiger partial charge in [0.2, 0.25) is 0 Å². The molecular formula is C16H31N5O2S. The van der Waals surface area contributed by atoms with Crippen LogP contribution in [0.4, 0.5) is 0 Å². The van der Waals surface area contributed by atoms with Gasteiger partial charge in [-0.15, -0.1) is 0 Å². The summed E-state index contributed by atoms with van der Waals surface area (Å²) in [6.07, 6.45) is 5.95. The molecule has 2 rings (SSSR count). The fourth-order valence-corrected chi connectivity index (χ4v) is 4.80. The fourth-order valence-electron chi connectivity index (χ4n) is 3.15. The van der Waals surface area contributed by atoms with Crippen LogP contribution in [-0.4, -0.2) is 71.0 Å². The van der Waals surface area contributed by atoms with Gasteiger partial charge in [0.1, 0.15) is 0 Å². The maximum Gasteiger partial charge on any atom is 0.281 e. The summed E-state index contributed by atoms with van der Waals surface area (Å²) >= 11 is 0. The van der Waals surface area contributed by atoms with E-state index < -0.39 is 10.2 Å². The lowest BCUT2D eigenvalue weighted by Gasteiger charge is -2.27. The van der Waals surface area contributed by atoms with Crippen LogP contribution in [0.5, 0.6) is 0 Å². The average Bonchev–Trinajstić information content (AvgIpc) is 2.84. The SMILES string of the molecule is CCCn1cc(CN2CCCN(S(=O)(=O)N(CC)CC)CC2)cn1. The Hall–Kier alpha value is -0.960. The fraction of sp³-hybridized carbons (Fsp3) is 0.812. The number of aromatic nitrogens is 2. The highest BCUT2D eigenvalue weighted by molar-refractivity contribution is 7.86. The molecule has 0 atom stereocenters. The van der Waals surface area contributed by atoms with Crippen molar-refractivity contribution in [1.29, 1.82) is 0 Å². The molecule has 0 radical (unpaired) electrons. The molecule has 0 unspecified atom stereocenters. The third-order valence-corrected chi connectivity index (χ3v) is 6.64. The van der Waals surface area contributed by atoms with E-state index in [0.29, 0.717) is 26.2 Å². The maximum atomic E-state index is 12.7. The van der Waals surface area contributed by atoms with Crippen molar-refractivity contribution < 1.29 is 8.42 Å². The number of aryl methyl sites for hydroxylation is 1. The van der Waals surface area contributed by atoms with Crippen LogP contribution < -0.4 is 0 Å². The highest BCUT2D eigenvalue weighted by Crippen LogP contribution is 2.14. The van der Waals surface area contributed by atoms with Crippen molar-refractivity contribution in [2.75, 3.05) is 39.3 Å². The molecule has 1 aliphatic heterocycles. The quantitative estimate of drug-likeness (QED) is 0.705. The van der Waals surface area contributed by atoms with Gasteiger partial charge in [0, 0.05) is 57.6 Å². The topological polar surface area (TPSA) is 61.7 Å². The lowest BCUT2D eigenvalue weighted by molar-refractivity contribution is 0.276.